The molecular weight excluding hydrogens is 526 g/mol. The summed E-state index contributed by atoms with van der Waals surface area (Å²) in [7, 11) is 2.11. The number of thioether (sulfide) groups is 1. The Morgan fingerprint density at radius 3 is 2.90 bits per heavy atom. The van der Waals surface area contributed by atoms with Crippen molar-refractivity contribution in [3.8, 4) is 17.1 Å². The Balaban J connectivity index is 0.997. The molecule has 3 aliphatic heterocycles. The van der Waals surface area contributed by atoms with E-state index in [4.69, 9.17) is 14.5 Å². The molecule has 3 aromatic rings. The Bertz CT molecular complexity index is 1400. The van der Waals surface area contributed by atoms with Gasteiger partial charge in [0, 0.05) is 41.8 Å². The molecule has 6 rings (SSSR count). The number of anilines is 2. The molecule has 3 aliphatic rings. The zero-order valence-electron chi connectivity index (χ0n) is 22.5. The molecule has 2 aromatic carbocycles. The van der Waals surface area contributed by atoms with Crippen LogP contribution in [0.5, 0.6) is 5.88 Å². The van der Waals surface area contributed by atoms with Gasteiger partial charge in [-0.05, 0) is 62.3 Å². The van der Waals surface area contributed by atoms with Gasteiger partial charge >= 0.3 is 6.09 Å². The largest absolute Gasteiger partial charge is 0.473 e. The lowest BCUT2D eigenvalue weighted by molar-refractivity contribution is -0.113. The highest BCUT2D eigenvalue weighted by Gasteiger charge is 2.32. The number of aromatic nitrogens is 1. The minimum Gasteiger partial charge on any atom is -0.473 e. The van der Waals surface area contributed by atoms with Crippen LogP contribution >= 0.6 is 11.8 Å². The van der Waals surface area contributed by atoms with E-state index in [0.29, 0.717) is 37.7 Å². The summed E-state index contributed by atoms with van der Waals surface area (Å²) in [4.78, 5) is 34.0. The third-order valence-corrected chi connectivity index (χ3v) is 8.41. The van der Waals surface area contributed by atoms with Gasteiger partial charge in [0.2, 0.25) is 11.8 Å². The second-order valence-corrected chi connectivity index (χ2v) is 11.5. The summed E-state index contributed by atoms with van der Waals surface area (Å²) in [5.74, 6) is 1.05. The van der Waals surface area contributed by atoms with Gasteiger partial charge in [0.05, 0.1) is 23.7 Å². The molecular formula is C30H33N5O4S. The summed E-state index contributed by atoms with van der Waals surface area (Å²) in [6.45, 7) is 3.88. The number of nitrogens with one attached hydrogen (secondary N) is 2. The van der Waals surface area contributed by atoms with Crippen LogP contribution in [0.1, 0.15) is 18.4 Å². The summed E-state index contributed by atoms with van der Waals surface area (Å²) in [6, 6.07) is 20.0. The number of nitrogens with zero attached hydrogens (tertiary/aromatic N) is 3. The zero-order chi connectivity index (χ0) is 27.5. The number of hydrogen-bond acceptors (Lipinski definition) is 8. The minimum atomic E-state index is -0.355. The molecule has 208 valence electrons. The van der Waals surface area contributed by atoms with Crippen LogP contribution in [0.2, 0.25) is 0 Å². The van der Waals surface area contributed by atoms with Crippen LogP contribution in [-0.2, 0) is 16.1 Å². The number of cyclic esters (lactones) is 1. The van der Waals surface area contributed by atoms with E-state index in [0.717, 1.165) is 52.6 Å². The van der Waals surface area contributed by atoms with Crippen molar-refractivity contribution in [3.05, 3.63) is 66.2 Å². The van der Waals surface area contributed by atoms with Crippen molar-refractivity contribution in [1.29, 1.82) is 0 Å². The molecule has 2 amide bonds. The second kappa shape index (κ2) is 11.9. The maximum atomic E-state index is 12.6. The molecule has 4 heterocycles. The monoisotopic (exact) mass is 559 g/mol. The molecule has 0 spiro atoms. The van der Waals surface area contributed by atoms with Gasteiger partial charge in [-0.1, -0.05) is 24.3 Å². The van der Waals surface area contributed by atoms with E-state index in [1.807, 2.05) is 42.5 Å². The van der Waals surface area contributed by atoms with Gasteiger partial charge in [-0.2, -0.15) is 0 Å². The number of benzene rings is 2. The quantitative estimate of drug-likeness (QED) is 0.373. The van der Waals surface area contributed by atoms with Crippen molar-refractivity contribution in [1.82, 2.24) is 15.2 Å². The van der Waals surface area contributed by atoms with Crippen LogP contribution < -0.4 is 20.3 Å². The second-order valence-electron chi connectivity index (χ2n) is 10.5. The number of likely N-dealkylation sites (tertiary alicyclic amines) is 1. The number of pyridine rings is 1. The third-order valence-electron chi connectivity index (χ3n) is 7.34. The van der Waals surface area contributed by atoms with E-state index in [1.165, 1.54) is 11.8 Å². The number of likely N-dealkylation sites (N-methyl/N-ethyl adjacent to an activating group) is 1. The summed E-state index contributed by atoms with van der Waals surface area (Å²) in [6.07, 6.45) is 1.36. The summed E-state index contributed by atoms with van der Waals surface area (Å²) in [5, 5.41) is 6.36. The van der Waals surface area contributed by atoms with Crippen LogP contribution in [0.15, 0.2) is 65.6 Å². The Morgan fingerprint density at radius 1 is 1.12 bits per heavy atom. The first kappa shape index (κ1) is 26.6. The number of carbonyl (C=O) groups excluding carboxylic acids is 2. The Morgan fingerprint density at radius 2 is 2.02 bits per heavy atom. The highest BCUT2D eigenvalue weighted by atomic mass is 32.2. The number of carbonyl (C=O) groups is 2. The zero-order valence-corrected chi connectivity index (χ0v) is 23.3. The Labute approximate surface area is 238 Å². The van der Waals surface area contributed by atoms with E-state index in [2.05, 4.69) is 40.8 Å². The van der Waals surface area contributed by atoms with E-state index >= 15 is 0 Å². The average Bonchev–Trinajstić information content (AvgIpc) is 3.55. The van der Waals surface area contributed by atoms with Gasteiger partial charge in [-0.25, -0.2) is 9.78 Å². The molecule has 2 unspecified atom stereocenters. The summed E-state index contributed by atoms with van der Waals surface area (Å²) < 4.78 is 11.7. The molecule has 9 nitrogen and oxygen atoms in total. The standard InChI is InChI=1S/C30H33N5O4S/c1-34-13-11-24(17-34)38-29-7-3-6-25(33-29)21-5-2-4-20(14-21)16-31-12-10-23-18-35(30(37)39-23)22-8-9-27-26(15-22)32-28(36)19-40-27/h2-9,14-15,23-24,31H,10-13,16-19H2,1H3,(H,32,36). The van der Waals surface area contributed by atoms with Gasteiger partial charge in [-0.15, -0.1) is 11.8 Å². The summed E-state index contributed by atoms with van der Waals surface area (Å²) in [5.41, 5.74) is 4.58. The molecule has 40 heavy (non-hydrogen) atoms. The number of ether oxygens (including phenoxy) is 2. The topological polar surface area (TPSA) is 96.0 Å². The molecule has 0 saturated carbocycles. The van der Waals surface area contributed by atoms with E-state index in [1.54, 1.807) is 4.90 Å². The lowest BCUT2D eigenvalue weighted by Gasteiger charge is -2.20. The van der Waals surface area contributed by atoms with Crippen LogP contribution in [0, 0.1) is 0 Å². The lowest BCUT2D eigenvalue weighted by atomic mass is 10.1. The summed E-state index contributed by atoms with van der Waals surface area (Å²) >= 11 is 1.50. The maximum Gasteiger partial charge on any atom is 0.414 e. The molecule has 0 radical (unpaired) electrons. The third kappa shape index (κ3) is 6.24. The Kier molecular flexibility index (Phi) is 7.90. The van der Waals surface area contributed by atoms with Crippen LogP contribution in [0.25, 0.3) is 11.3 Å². The predicted octanol–water partition coefficient (Wildman–Crippen LogP) is 4.38. The first-order chi connectivity index (χ1) is 19.5. The SMILES string of the molecule is CN1CCC(Oc2cccc(-c3cccc(CNCCC4CN(c5ccc6c(c5)NC(=O)CS6)C(=O)O4)c3)n2)C1. The molecule has 0 aliphatic carbocycles. The number of amides is 2. The van der Waals surface area contributed by atoms with Crippen molar-refractivity contribution < 1.29 is 19.1 Å². The number of hydrogen-bond donors (Lipinski definition) is 2. The van der Waals surface area contributed by atoms with Gasteiger partial charge in [0.25, 0.3) is 0 Å². The van der Waals surface area contributed by atoms with Crippen molar-refractivity contribution in [3.63, 3.8) is 0 Å². The van der Waals surface area contributed by atoms with Crippen molar-refractivity contribution in [2.24, 2.45) is 0 Å². The first-order valence-electron chi connectivity index (χ1n) is 13.7. The molecule has 2 N–H and O–H groups in total. The van der Waals surface area contributed by atoms with Gasteiger partial charge in [0.15, 0.2) is 0 Å². The van der Waals surface area contributed by atoms with Crippen LogP contribution in [0.3, 0.4) is 0 Å². The van der Waals surface area contributed by atoms with E-state index < -0.39 is 0 Å². The van der Waals surface area contributed by atoms with Gasteiger partial charge in [0.1, 0.15) is 12.2 Å². The van der Waals surface area contributed by atoms with E-state index in [-0.39, 0.29) is 24.2 Å². The molecule has 10 heteroatoms. The fourth-order valence-electron chi connectivity index (χ4n) is 5.26. The first-order valence-corrected chi connectivity index (χ1v) is 14.7. The van der Waals surface area contributed by atoms with Crippen molar-refractivity contribution >= 4 is 35.1 Å². The number of fused-ring (bicyclic) bond motifs is 1. The van der Waals surface area contributed by atoms with Crippen molar-refractivity contribution in [2.45, 2.75) is 36.5 Å². The average molecular weight is 560 g/mol. The van der Waals surface area contributed by atoms with Gasteiger partial charge in [-0.3, -0.25) is 9.69 Å². The highest BCUT2D eigenvalue weighted by Crippen LogP contribution is 2.35. The lowest BCUT2D eigenvalue weighted by Crippen LogP contribution is -2.26. The fraction of sp³-hybridized carbons (Fsp3) is 0.367. The smallest absolute Gasteiger partial charge is 0.414 e. The Hall–Kier alpha value is -3.60. The molecule has 2 atom stereocenters. The maximum absolute atomic E-state index is 12.6. The predicted molar refractivity (Wildman–Crippen MR) is 156 cm³/mol. The van der Waals surface area contributed by atoms with Crippen LogP contribution in [-0.4, -0.2) is 73.1 Å². The van der Waals surface area contributed by atoms with E-state index in [9.17, 15) is 9.59 Å². The van der Waals surface area contributed by atoms with Gasteiger partial charge < -0.3 is 25.0 Å². The highest BCUT2D eigenvalue weighted by molar-refractivity contribution is 8.00. The normalized spacial score (nSPS) is 20.8. The minimum absolute atomic E-state index is 0.0283. The fourth-order valence-corrected chi connectivity index (χ4v) is 6.05. The molecule has 1 aromatic heterocycles. The number of rotatable bonds is 9. The van der Waals surface area contributed by atoms with Crippen molar-refractivity contribution in [2.75, 3.05) is 49.2 Å². The molecule has 2 fully saturated rings. The molecule has 2 saturated heterocycles. The molecule has 0 bridgehead atoms. The van der Waals surface area contributed by atoms with Crippen LogP contribution in [0.4, 0.5) is 16.2 Å².